The van der Waals surface area contributed by atoms with E-state index < -0.39 is 29.2 Å². The first-order valence-corrected chi connectivity index (χ1v) is 5.61. The number of halogens is 4. The van der Waals surface area contributed by atoms with E-state index in [1.54, 1.807) is 0 Å². The molecule has 0 bridgehead atoms. The van der Waals surface area contributed by atoms with Crippen LogP contribution in [0.1, 0.15) is 15.9 Å². The minimum atomic E-state index is -1.63. The summed E-state index contributed by atoms with van der Waals surface area (Å²) >= 11 is 0. The summed E-state index contributed by atoms with van der Waals surface area (Å²) in [5.41, 5.74) is -0.309. The van der Waals surface area contributed by atoms with E-state index in [0.717, 1.165) is 0 Å². The summed E-state index contributed by atoms with van der Waals surface area (Å²) in [5.74, 6) is -6.12. The largest absolute Gasteiger partial charge is 0.322 e. The average molecular weight is 283 g/mol. The molecule has 0 spiro atoms. The standard InChI is InChI=1S/C14H9F4NO/c1-7-3-2-4-9(12(7)17)14(20)19-8-5-10(15)13(18)11(16)6-8/h2-6H,1H3,(H,19,20). The maximum absolute atomic E-state index is 13.7. The lowest BCUT2D eigenvalue weighted by molar-refractivity contribution is 0.102. The topological polar surface area (TPSA) is 29.1 Å². The highest BCUT2D eigenvalue weighted by atomic mass is 19.2. The number of amides is 1. The number of anilines is 1. The van der Waals surface area contributed by atoms with E-state index in [0.29, 0.717) is 12.1 Å². The van der Waals surface area contributed by atoms with Gasteiger partial charge in [-0.1, -0.05) is 12.1 Å². The van der Waals surface area contributed by atoms with Crippen LogP contribution in [0, 0.1) is 30.2 Å². The van der Waals surface area contributed by atoms with Crippen molar-refractivity contribution < 1.29 is 22.4 Å². The van der Waals surface area contributed by atoms with Gasteiger partial charge in [-0.25, -0.2) is 17.6 Å². The summed E-state index contributed by atoms with van der Waals surface area (Å²) in [6.07, 6.45) is 0. The lowest BCUT2D eigenvalue weighted by atomic mass is 10.1. The Balaban J connectivity index is 2.30. The Kier molecular flexibility index (Phi) is 3.74. The molecule has 0 radical (unpaired) electrons. The highest BCUT2D eigenvalue weighted by Gasteiger charge is 2.16. The normalized spacial score (nSPS) is 10.4. The molecule has 0 aliphatic rings. The van der Waals surface area contributed by atoms with Gasteiger partial charge in [0.1, 0.15) is 5.82 Å². The minimum absolute atomic E-state index is 0.258. The van der Waals surface area contributed by atoms with Crippen LogP contribution in [0.4, 0.5) is 23.2 Å². The quantitative estimate of drug-likeness (QED) is 0.659. The number of carbonyl (C=O) groups is 1. The van der Waals surface area contributed by atoms with Crippen LogP contribution >= 0.6 is 0 Å². The maximum atomic E-state index is 13.7. The van der Waals surface area contributed by atoms with Crippen LogP contribution in [0.15, 0.2) is 30.3 Å². The van der Waals surface area contributed by atoms with Gasteiger partial charge < -0.3 is 5.32 Å². The van der Waals surface area contributed by atoms with E-state index in [9.17, 15) is 22.4 Å². The summed E-state index contributed by atoms with van der Waals surface area (Å²) in [4.78, 5) is 11.8. The van der Waals surface area contributed by atoms with E-state index in [2.05, 4.69) is 5.32 Å². The third-order valence-corrected chi connectivity index (χ3v) is 2.68. The van der Waals surface area contributed by atoms with Crippen LogP contribution in [0.3, 0.4) is 0 Å². The molecule has 2 aromatic carbocycles. The van der Waals surface area contributed by atoms with E-state index in [1.807, 2.05) is 0 Å². The number of carbonyl (C=O) groups excluding carboxylic acids is 1. The Morgan fingerprint density at radius 2 is 1.60 bits per heavy atom. The fourth-order valence-corrected chi connectivity index (χ4v) is 1.65. The summed E-state index contributed by atoms with van der Waals surface area (Å²) < 4.78 is 52.5. The molecule has 0 fully saturated rings. The van der Waals surface area contributed by atoms with Gasteiger partial charge >= 0.3 is 0 Å². The third-order valence-electron chi connectivity index (χ3n) is 2.68. The zero-order chi connectivity index (χ0) is 14.9. The Labute approximate surface area is 112 Å². The second-order valence-corrected chi connectivity index (χ2v) is 4.14. The molecule has 20 heavy (non-hydrogen) atoms. The second kappa shape index (κ2) is 5.32. The van der Waals surface area contributed by atoms with Crippen molar-refractivity contribution in [3.63, 3.8) is 0 Å². The van der Waals surface area contributed by atoms with Gasteiger partial charge in [0.05, 0.1) is 5.56 Å². The average Bonchev–Trinajstić information content (AvgIpc) is 2.39. The summed E-state index contributed by atoms with van der Waals surface area (Å²) in [6.45, 7) is 1.48. The highest BCUT2D eigenvalue weighted by molar-refractivity contribution is 6.04. The first kappa shape index (κ1) is 14.0. The van der Waals surface area contributed by atoms with Crippen molar-refractivity contribution in [1.29, 1.82) is 0 Å². The van der Waals surface area contributed by atoms with Crippen molar-refractivity contribution in [3.8, 4) is 0 Å². The zero-order valence-electron chi connectivity index (χ0n) is 10.3. The molecule has 0 aliphatic heterocycles. The summed E-state index contributed by atoms with van der Waals surface area (Å²) in [7, 11) is 0. The molecule has 0 aliphatic carbocycles. The molecule has 1 amide bonds. The predicted molar refractivity (Wildman–Crippen MR) is 65.4 cm³/mol. The molecule has 0 aromatic heterocycles. The van der Waals surface area contributed by atoms with Crippen LogP contribution in [-0.4, -0.2) is 5.91 Å². The molecule has 6 heteroatoms. The smallest absolute Gasteiger partial charge is 0.258 e. The van der Waals surface area contributed by atoms with Crippen LogP contribution in [-0.2, 0) is 0 Å². The lowest BCUT2D eigenvalue weighted by Gasteiger charge is -2.08. The van der Waals surface area contributed by atoms with Crippen molar-refractivity contribution in [2.75, 3.05) is 5.32 Å². The number of hydrogen-bond donors (Lipinski definition) is 1. The van der Waals surface area contributed by atoms with Crippen molar-refractivity contribution in [2.45, 2.75) is 6.92 Å². The van der Waals surface area contributed by atoms with Gasteiger partial charge in [0, 0.05) is 17.8 Å². The first-order chi connectivity index (χ1) is 9.40. The van der Waals surface area contributed by atoms with Gasteiger partial charge in [0.2, 0.25) is 0 Å². The van der Waals surface area contributed by atoms with Gasteiger partial charge in [0.15, 0.2) is 17.5 Å². The molecule has 104 valence electrons. The van der Waals surface area contributed by atoms with Gasteiger partial charge in [-0.15, -0.1) is 0 Å². The van der Waals surface area contributed by atoms with E-state index in [1.165, 1.54) is 25.1 Å². The highest BCUT2D eigenvalue weighted by Crippen LogP contribution is 2.19. The summed E-state index contributed by atoms with van der Waals surface area (Å²) in [6, 6.07) is 5.41. The molecule has 0 saturated heterocycles. The molecular formula is C14H9F4NO. The van der Waals surface area contributed by atoms with Gasteiger partial charge in [-0.2, -0.15) is 0 Å². The lowest BCUT2D eigenvalue weighted by Crippen LogP contribution is -2.15. The van der Waals surface area contributed by atoms with Crippen LogP contribution in [0.25, 0.3) is 0 Å². The number of hydrogen-bond acceptors (Lipinski definition) is 1. The zero-order valence-corrected chi connectivity index (χ0v) is 10.3. The van der Waals surface area contributed by atoms with E-state index >= 15 is 0 Å². The van der Waals surface area contributed by atoms with Crippen molar-refractivity contribution in [2.24, 2.45) is 0 Å². The van der Waals surface area contributed by atoms with Crippen LogP contribution in [0.5, 0.6) is 0 Å². The predicted octanol–water partition coefficient (Wildman–Crippen LogP) is 3.80. The fourth-order valence-electron chi connectivity index (χ4n) is 1.65. The molecule has 0 saturated carbocycles. The van der Waals surface area contributed by atoms with E-state index in [4.69, 9.17) is 0 Å². The Hall–Kier alpha value is -2.37. The molecule has 2 rings (SSSR count). The van der Waals surface area contributed by atoms with Crippen LogP contribution in [0.2, 0.25) is 0 Å². The van der Waals surface area contributed by atoms with Gasteiger partial charge in [-0.05, 0) is 18.6 Å². The first-order valence-electron chi connectivity index (χ1n) is 5.61. The molecular weight excluding hydrogens is 274 g/mol. The van der Waals surface area contributed by atoms with Crippen molar-refractivity contribution in [1.82, 2.24) is 0 Å². The number of benzene rings is 2. The molecule has 0 heterocycles. The molecule has 2 nitrogen and oxygen atoms in total. The molecule has 2 aromatic rings. The Bertz CT molecular complexity index is 662. The van der Waals surface area contributed by atoms with Gasteiger partial charge in [0.25, 0.3) is 5.91 Å². The van der Waals surface area contributed by atoms with Gasteiger partial charge in [-0.3, -0.25) is 4.79 Å². The monoisotopic (exact) mass is 283 g/mol. The van der Waals surface area contributed by atoms with Crippen molar-refractivity contribution in [3.05, 3.63) is 64.7 Å². The van der Waals surface area contributed by atoms with Crippen molar-refractivity contribution >= 4 is 11.6 Å². The minimum Gasteiger partial charge on any atom is -0.322 e. The SMILES string of the molecule is Cc1cccc(C(=O)Nc2cc(F)c(F)c(F)c2)c1F. The number of nitrogens with one attached hydrogen (secondary N) is 1. The maximum Gasteiger partial charge on any atom is 0.258 e. The third kappa shape index (κ3) is 2.64. The molecule has 0 atom stereocenters. The van der Waals surface area contributed by atoms with Crippen LogP contribution < -0.4 is 5.32 Å². The molecule has 1 N–H and O–H groups in total. The second-order valence-electron chi connectivity index (χ2n) is 4.14. The number of aryl methyl sites for hydroxylation is 1. The summed E-state index contributed by atoms with van der Waals surface area (Å²) in [5, 5.41) is 2.11. The van der Waals surface area contributed by atoms with E-state index in [-0.39, 0.29) is 16.8 Å². The fraction of sp³-hybridized carbons (Fsp3) is 0.0714. The molecule has 0 unspecified atom stereocenters. The number of rotatable bonds is 2. The Morgan fingerprint density at radius 3 is 2.20 bits per heavy atom. The Morgan fingerprint density at radius 1 is 1.00 bits per heavy atom.